The highest BCUT2D eigenvalue weighted by Gasteiger charge is 2.43. The van der Waals surface area contributed by atoms with Crippen molar-refractivity contribution in [3.8, 4) is 0 Å². The number of carbonyl (C=O) groups is 1. The normalized spacial score (nSPS) is 22.6. The first-order valence-corrected chi connectivity index (χ1v) is 25.9. The van der Waals surface area contributed by atoms with Gasteiger partial charge in [0.05, 0.1) is 46.6 Å². The van der Waals surface area contributed by atoms with Gasteiger partial charge in [0.25, 0.3) is 0 Å². The molecule has 4 aliphatic heterocycles. The Kier molecular flexibility index (Phi) is 13.5. The molecule has 21 heteroatoms. The molecule has 6 aromatic rings. The zero-order chi connectivity index (χ0) is 50.6. The van der Waals surface area contributed by atoms with Crippen LogP contribution >= 0.6 is 22.7 Å². The van der Waals surface area contributed by atoms with Crippen LogP contribution in [0, 0.1) is 13.8 Å². The highest BCUT2D eigenvalue weighted by molar-refractivity contribution is 7.10. The van der Waals surface area contributed by atoms with E-state index in [0.29, 0.717) is 64.7 Å². The van der Waals surface area contributed by atoms with Crippen molar-refractivity contribution in [3.05, 3.63) is 139 Å². The molecule has 0 aliphatic carbocycles. The van der Waals surface area contributed by atoms with Crippen molar-refractivity contribution >= 4 is 39.9 Å². The van der Waals surface area contributed by atoms with Crippen molar-refractivity contribution in [2.45, 2.75) is 127 Å². The molecule has 4 unspecified atom stereocenters. The fourth-order valence-corrected chi connectivity index (χ4v) is 12.4. The predicted octanol–water partition coefficient (Wildman–Crippen LogP) is 10.5. The van der Waals surface area contributed by atoms with Gasteiger partial charge in [-0.1, -0.05) is 71.0 Å². The number of hydrogen-bond donors (Lipinski definition) is 0. The SMILES string of the molecule is Cc1cc(C(F)(F)F)nn1CC(C(=O)C(Cn1nc(C(F)(F)F)cc1C)N1CCC(c2nc(C3=NOC(C)(c4ccccc4)C3)cs2)CC1)N1CCC(c2nc(C3=NOC(C)(c4ccccc4)C3)cs2)CC1. The molecule has 2 aromatic carbocycles. The Morgan fingerprint density at radius 2 is 1.01 bits per heavy atom. The molecule has 10 rings (SSSR count). The number of thiazole rings is 2. The van der Waals surface area contributed by atoms with Gasteiger partial charge in [0.1, 0.15) is 11.4 Å². The van der Waals surface area contributed by atoms with Gasteiger partial charge in [-0.25, -0.2) is 9.97 Å². The van der Waals surface area contributed by atoms with Crippen molar-refractivity contribution in [1.82, 2.24) is 39.3 Å². The van der Waals surface area contributed by atoms with E-state index in [2.05, 4.69) is 20.5 Å². The second-order valence-electron chi connectivity index (χ2n) is 19.7. The summed E-state index contributed by atoms with van der Waals surface area (Å²) < 4.78 is 86.7. The van der Waals surface area contributed by atoms with Crippen molar-refractivity contribution in [1.29, 1.82) is 0 Å². The molecule has 8 heterocycles. The zero-order valence-electron chi connectivity index (χ0n) is 40.2. The smallest absolute Gasteiger partial charge is 0.384 e. The van der Waals surface area contributed by atoms with Crippen LogP contribution in [0.2, 0.25) is 0 Å². The Labute approximate surface area is 420 Å². The Balaban J connectivity index is 0.881. The number of hydrogen-bond acceptors (Lipinski definition) is 13. The first-order chi connectivity index (χ1) is 34.3. The van der Waals surface area contributed by atoms with E-state index in [1.54, 1.807) is 0 Å². The number of carbonyl (C=O) groups excluding carboxylic acids is 1. The Hall–Kier alpha value is -5.77. The Morgan fingerprint density at radius 1 is 0.639 bits per heavy atom. The third kappa shape index (κ3) is 10.3. The predicted molar refractivity (Wildman–Crippen MR) is 260 cm³/mol. The molecule has 0 amide bonds. The number of nitrogens with zero attached hydrogens (tertiary/aromatic N) is 10. The number of Topliss-reactive ketones (excluding diaryl/α,β-unsaturated/α-hetero) is 1. The number of rotatable bonds is 14. The number of halogens is 6. The number of likely N-dealkylation sites (tertiary alicyclic amines) is 2. The molecule has 0 spiro atoms. The molecule has 13 nitrogen and oxygen atoms in total. The van der Waals surface area contributed by atoms with Crippen LogP contribution in [0.25, 0.3) is 0 Å². The van der Waals surface area contributed by atoms with Gasteiger partial charge in [-0.2, -0.15) is 36.5 Å². The Morgan fingerprint density at radius 3 is 1.36 bits per heavy atom. The van der Waals surface area contributed by atoms with E-state index >= 15 is 4.79 Å². The van der Waals surface area contributed by atoms with E-state index < -0.39 is 47.0 Å². The van der Waals surface area contributed by atoms with E-state index in [0.717, 1.165) is 56.1 Å². The third-order valence-electron chi connectivity index (χ3n) is 14.7. The Bertz CT molecular complexity index is 2760. The summed E-state index contributed by atoms with van der Waals surface area (Å²) in [6, 6.07) is 19.8. The summed E-state index contributed by atoms with van der Waals surface area (Å²) in [6.07, 6.45) is -5.90. The van der Waals surface area contributed by atoms with Crippen molar-refractivity contribution in [2.75, 3.05) is 26.2 Å². The maximum Gasteiger partial charge on any atom is 0.435 e. The minimum Gasteiger partial charge on any atom is -0.384 e. The lowest BCUT2D eigenvalue weighted by atomic mass is 9.90. The van der Waals surface area contributed by atoms with Gasteiger partial charge in [0.15, 0.2) is 28.4 Å². The number of piperidine rings is 2. The number of aryl methyl sites for hydroxylation is 2. The molecule has 380 valence electrons. The lowest BCUT2D eigenvalue weighted by molar-refractivity contribution is -0.142. The van der Waals surface area contributed by atoms with Crippen LogP contribution < -0.4 is 0 Å². The summed E-state index contributed by atoms with van der Waals surface area (Å²) in [5.74, 6) is -0.246. The summed E-state index contributed by atoms with van der Waals surface area (Å²) in [5.41, 5.74) is 2.09. The molecule has 0 radical (unpaired) electrons. The maximum absolute atomic E-state index is 15.5. The van der Waals surface area contributed by atoms with E-state index in [1.807, 2.05) is 95.1 Å². The van der Waals surface area contributed by atoms with Gasteiger partial charge in [0.2, 0.25) is 0 Å². The molecule has 4 aromatic heterocycles. The average molecular weight is 1030 g/mol. The van der Waals surface area contributed by atoms with Gasteiger partial charge < -0.3 is 9.68 Å². The molecule has 2 saturated heterocycles. The molecule has 0 bridgehead atoms. The standard InChI is InChI=1S/C51H54F6N10O3S2/c1-31-23-43(50(52,53)54)60-66(31)27-41(64-19-15-33(16-20-64)46-58-39(29-71-46)37-25-48(3,69-62-37)35-11-7-5-8-12-35)45(68)42(28-67-32(2)24-44(61-67)51(55,56)57)65-21-17-34(18-22-65)47-59-40(30-72-47)38-26-49(4,70-63-38)36-13-9-6-10-14-36/h5-14,23-24,29-30,33-34,41-42H,15-22,25-28H2,1-4H3. The summed E-state index contributed by atoms with van der Waals surface area (Å²) in [4.78, 5) is 41.4. The van der Waals surface area contributed by atoms with E-state index in [4.69, 9.17) is 19.6 Å². The number of benzene rings is 2. The number of oxime groups is 2. The molecule has 0 saturated carbocycles. The largest absolute Gasteiger partial charge is 0.435 e. The minimum absolute atomic E-state index is 0.0396. The van der Waals surface area contributed by atoms with Gasteiger partial charge in [-0.15, -0.1) is 22.7 Å². The first kappa shape index (κ1) is 49.8. The number of alkyl halides is 6. The molecular formula is C51H54F6N10O3S2. The summed E-state index contributed by atoms with van der Waals surface area (Å²) in [6.45, 7) is 8.32. The number of aromatic nitrogens is 6. The van der Waals surface area contributed by atoms with Crippen molar-refractivity contribution < 1.29 is 40.8 Å². The second kappa shape index (κ2) is 19.6. The summed E-state index contributed by atoms with van der Waals surface area (Å²) >= 11 is 3.07. The van der Waals surface area contributed by atoms with Crippen LogP contribution in [0.1, 0.15) is 120 Å². The van der Waals surface area contributed by atoms with Crippen LogP contribution in [-0.4, -0.2) is 94.8 Å². The topological polar surface area (TPSA) is 128 Å². The summed E-state index contributed by atoms with van der Waals surface area (Å²) in [7, 11) is 0. The molecular weight excluding hydrogens is 979 g/mol. The fraction of sp³-hybridized carbons (Fsp3) is 0.471. The van der Waals surface area contributed by atoms with Gasteiger partial charge in [0, 0.05) is 46.8 Å². The van der Waals surface area contributed by atoms with Crippen molar-refractivity contribution in [3.63, 3.8) is 0 Å². The van der Waals surface area contributed by atoms with Crippen LogP contribution in [-0.2, 0) is 51.1 Å². The second-order valence-corrected chi connectivity index (χ2v) is 21.5. The number of ketones is 1. The monoisotopic (exact) mass is 1030 g/mol. The van der Waals surface area contributed by atoms with Gasteiger partial charge in [-0.05, 0) is 103 Å². The average Bonchev–Trinajstić information content (AvgIpc) is 4.25. The molecule has 2 fully saturated rings. The lowest BCUT2D eigenvalue weighted by Gasteiger charge is -2.41. The lowest BCUT2D eigenvalue weighted by Crippen LogP contribution is -2.57. The minimum atomic E-state index is -4.71. The van der Waals surface area contributed by atoms with Gasteiger partial charge in [-0.3, -0.25) is 24.0 Å². The molecule has 4 aliphatic rings. The van der Waals surface area contributed by atoms with Crippen LogP contribution in [0.5, 0.6) is 0 Å². The van der Waals surface area contributed by atoms with Crippen LogP contribution in [0.4, 0.5) is 26.3 Å². The van der Waals surface area contributed by atoms with Gasteiger partial charge >= 0.3 is 12.4 Å². The van der Waals surface area contributed by atoms with Crippen LogP contribution in [0.3, 0.4) is 0 Å². The fourth-order valence-electron chi connectivity index (χ4n) is 10.4. The molecule has 4 atom stereocenters. The summed E-state index contributed by atoms with van der Waals surface area (Å²) in [5, 5.41) is 22.5. The zero-order valence-corrected chi connectivity index (χ0v) is 41.8. The van der Waals surface area contributed by atoms with E-state index in [-0.39, 0.29) is 42.1 Å². The highest BCUT2D eigenvalue weighted by Crippen LogP contribution is 2.40. The molecule has 0 N–H and O–H groups in total. The highest BCUT2D eigenvalue weighted by atomic mass is 32.1. The third-order valence-corrected chi connectivity index (χ3v) is 16.7. The van der Waals surface area contributed by atoms with E-state index in [1.165, 1.54) is 45.9 Å². The van der Waals surface area contributed by atoms with Crippen LogP contribution in [0.15, 0.2) is 93.9 Å². The van der Waals surface area contributed by atoms with E-state index in [9.17, 15) is 26.3 Å². The maximum atomic E-state index is 15.5. The molecule has 72 heavy (non-hydrogen) atoms. The van der Waals surface area contributed by atoms with Crippen molar-refractivity contribution in [2.24, 2.45) is 10.3 Å². The quantitative estimate of drug-likeness (QED) is 0.0980. The first-order valence-electron chi connectivity index (χ1n) is 24.1.